The number of methoxy groups -OCH3 is 2. The number of anilines is 1. The number of fused-ring (bicyclic) bond motifs is 1. The minimum absolute atomic E-state index is 0.0307. The van der Waals surface area contributed by atoms with Crippen molar-refractivity contribution in [2.75, 3.05) is 38.9 Å². The van der Waals surface area contributed by atoms with Crippen LogP contribution in [-0.4, -0.2) is 95.6 Å². The number of ether oxygens (including phenoxy) is 4. The summed E-state index contributed by atoms with van der Waals surface area (Å²) in [6.45, 7) is 1.27. The van der Waals surface area contributed by atoms with Crippen molar-refractivity contribution in [1.29, 1.82) is 0 Å². The summed E-state index contributed by atoms with van der Waals surface area (Å²) in [5.41, 5.74) is 4.03. The molecule has 3 unspecified atom stereocenters. The van der Waals surface area contributed by atoms with E-state index in [2.05, 4.69) is 20.2 Å². The minimum atomic E-state index is -1.22. The van der Waals surface area contributed by atoms with Gasteiger partial charge in [-0.25, -0.2) is 9.78 Å². The monoisotopic (exact) mass is 517 g/mol. The van der Waals surface area contributed by atoms with Crippen LogP contribution in [-0.2, 0) is 33.3 Å². The summed E-state index contributed by atoms with van der Waals surface area (Å²) in [4.78, 5) is 54.8. The molecule has 16 heteroatoms. The van der Waals surface area contributed by atoms with Crippen molar-refractivity contribution in [2.45, 2.75) is 24.6 Å². The molecule has 0 saturated carbocycles. The van der Waals surface area contributed by atoms with Gasteiger partial charge in [0, 0.05) is 31.7 Å². The van der Waals surface area contributed by atoms with Crippen molar-refractivity contribution in [1.82, 2.24) is 15.2 Å². The zero-order chi connectivity index (χ0) is 25.0. The van der Waals surface area contributed by atoms with E-state index < -0.39 is 47.1 Å². The number of nitrogen functional groups attached to an aromatic ring is 1. The number of hydrogen-bond acceptors (Lipinski definition) is 14. The molecule has 4 atom stereocenters. The SMILES string of the molecule is COCC1(C(=O)OC(C)OC(=O)OC)CS[C@@H]2C(NC(=O)C(=NO)c3csc(N)n3)C(=O)N2C1. The fourth-order valence-electron chi connectivity index (χ4n) is 3.48. The molecule has 2 saturated heterocycles. The quantitative estimate of drug-likeness (QED) is 0.101. The molecule has 0 aromatic carbocycles. The Morgan fingerprint density at radius 1 is 1.41 bits per heavy atom. The molecule has 2 aliphatic rings. The van der Waals surface area contributed by atoms with Crippen molar-refractivity contribution in [3.8, 4) is 0 Å². The van der Waals surface area contributed by atoms with E-state index in [-0.39, 0.29) is 35.4 Å². The summed E-state index contributed by atoms with van der Waals surface area (Å²) in [5.74, 6) is -1.75. The second kappa shape index (κ2) is 10.4. The Bertz CT molecular complexity index is 1000. The summed E-state index contributed by atoms with van der Waals surface area (Å²) < 4.78 is 19.6. The molecular formula is C18H23N5O9S2. The fraction of sp³-hybridized carbons (Fsp3) is 0.556. The van der Waals surface area contributed by atoms with Crippen molar-refractivity contribution >= 4 is 57.9 Å². The van der Waals surface area contributed by atoms with Gasteiger partial charge in [-0.05, 0) is 0 Å². The number of hydrogen-bond donors (Lipinski definition) is 3. The van der Waals surface area contributed by atoms with Crippen LogP contribution in [0.15, 0.2) is 10.5 Å². The summed E-state index contributed by atoms with van der Waals surface area (Å²) >= 11 is 2.31. The Morgan fingerprint density at radius 3 is 2.74 bits per heavy atom. The molecule has 2 fully saturated rings. The van der Waals surface area contributed by atoms with Gasteiger partial charge in [0.1, 0.15) is 22.5 Å². The van der Waals surface area contributed by atoms with Crippen LogP contribution in [0.1, 0.15) is 12.6 Å². The van der Waals surface area contributed by atoms with E-state index in [4.69, 9.17) is 19.9 Å². The number of carbonyl (C=O) groups excluding carboxylic acids is 4. The number of rotatable bonds is 8. The first-order valence-electron chi connectivity index (χ1n) is 9.76. The summed E-state index contributed by atoms with van der Waals surface area (Å²) in [7, 11) is 2.52. The highest BCUT2D eigenvalue weighted by Crippen LogP contribution is 2.43. The molecule has 0 radical (unpaired) electrons. The lowest BCUT2D eigenvalue weighted by Crippen LogP contribution is -2.74. The molecule has 4 N–H and O–H groups in total. The maximum atomic E-state index is 12.9. The normalized spacial score (nSPS) is 25.0. The van der Waals surface area contributed by atoms with E-state index in [1.54, 1.807) is 0 Å². The van der Waals surface area contributed by atoms with Crippen LogP contribution in [0.5, 0.6) is 0 Å². The van der Waals surface area contributed by atoms with E-state index in [1.807, 2.05) is 0 Å². The van der Waals surface area contributed by atoms with Gasteiger partial charge in [-0.1, -0.05) is 5.16 Å². The van der Waals surface area contributed by atoms with Crippen molar-refractivity contribution in [3.63, 3.8) is 0 Å². The molecule has 2 amide bonds. The van der Waals surface area contributed by atoms with Gasteiger partial charge < -0.3 is 40.1 Å². The fourth-order valence-corrected chi connectivity index (χ4v) is 5.54. The van der Waals surface area contributed by atoms with E-state index in [9.17, 15) is 24.4 Å². The van der Waals surface area contributed by atoms with Gasteiger partial charge in [0.25, 0.3) is 5.91 Å². The highest BCUT2D eigenvalue weighted by molar-refractivity contribution is 8.00. The van der Waals surface area contributed by atoms with Gasteiger partial charge in [0.15, 0.2) is 10.8 Å². The lowest BCUT2D eigenvalue weighted by Gasteiger charge is -2.53. The topological polar surface area (TPSA) is 192 Å². The zero-order valence-corrected chi connectivity index (χ0v) is 20.0. The summed E-state index contributed by atoms with van der Waals surface area (Å²) in [5, 5.41) is 15.9. The highest BCUT2D eigenvalue weighted by atomic mass is 32.2. The number of nitrogens with two attached hydrogens (primary N) is 1. The van der Waals surface area contributed by atoms with Crippen LogP contribution in [0.2, 0.25) is 0 Å². The number of esters is 1. The number of nitrogens with zero attached hydrogens (tertiary/aromatic N) is 3. The number of carbonyl (C=O) groups is 4. The van der Waals surface area contributed by atoms with Gasteiger partial charge in [0.2, 0.25) is 12.2 Å². The van der Waals surface area contributed by atoms with E-state index in [1.165, 1.54) is 36.1 Å². The number of β-lactam (4-membered cyclic amide) rings is 1. The number of aromatic nitrogens is 1. The first kappa shape index (κ1) is 25.5. The maximum Gasteiger partial charge on any atom is 0.511 e. The largest absolute Gasteiger partial charge is 0.511 e. The van der Waals surface area contributed by atoms with Gasteiger partial charge in [-0.2, -0.15) is 0 Å². The molecule has 34 heavy (non-hydrogen) atoms. The molecule has 3 heterocycles. The number of thioether (sulfide) groups is 1. The Kier molecular flexibility index (Phi) is 7.83. The molecular weight excluding hydrogens is 494 g/mol. The Balaban J connectivity index is 1.65. The lowest BCUT2D eigenvalue weighted by molar-refractivity contribution is -0.185. The van der Waals surface area contributed by atoms with E-state index in [0.29, 0.717) is 0 Å². The van der Waals surface area contributed by atoms with Crippen molar-refractivity contribution in [3.05, 3.63) is 11.1 Å². The van der Waals surface area contributed by atoms with Gasteiger partial charge in [-0.3, -0.25) is 14.4 Å². The Hall–Kier alpha value is -3.11. The predicted molar refractivity (Wildman–Crippen MR) is 118 cm³/mol. The smallest absolute Gasteiger partial charge is 0.438 e. The van der Waals surface area contributed by atoms with Crippen LogP contribution in [0.4, 0.5) is 9.93 Å². The van der Waals surface area contributed by atoms with E-state index >= 15 is 0 Å². The number of amides is 2. The third-order valence-electron chi connectivity index (χ3n) is 5.07. The van der Waals surface area contributed by atoms with Crippen molar-refractivity contribution in [2.24, 2.45) is 10.6 Å². The molecule has 14 nitrogen and oxygen atoms in total. The molecule has 0 bridgehead atoms. The van der Waals surface area contributed by atoms with Crippen LogP contribution in [0, 0.1) is 5.41 Å². The molecule has 1 aromatic rings. The standard InChI is InChI=1S/C18H23N5O9S2/c1-8(32-17(27)30-3)31-15(26)18(6-29-2)5-23-13(25)11(14(23)34-7-18)21-12(24)10(22-28)9-4-33-16(19)20-9/h4,8,11,14,28H,5-7H2,1-3H3,(H2,19,20)(H,21,24)/t8?,11?,14-,18?/m1/s1. The lowest BCUT2D eigenvalue weighted by atomic mass is 9.88. The van der Waals surface area contributed by atoms with Crippen LogP contribution in [0.25, 0.3) is 0 Å². The average molecular weight is 518 g/mol. The van der Waals surface area contributed by atoms with Crippen LogP contribution in [0.3, 0.4) is 0 Å². The molecule has 2 aliphatic heterocycles. The van der Waals surface area contributed by atoms with Gasteiger partial charge >= 0.3 is 12.1 Å². The minimum Gasteiger partial charge on any atom is -0.438 e. The van der Waals surface area contributed by atoms with E-state index in [0.717, 1.165) is 18.4 Å². The molecule has 0 spiro atoms. The number of oxime groups is 1. The second-order valence-corrected chi connectivity index (χ2v) is 9.39. The highest BCUT2D eigenvalue weighted by Gasteiger charge is 2.58. The Labute approximate surface area is 201 Å². The summed E-state index contributed by atoms with van der Waals surface area (Å²) in [6.07, 6.45) is -2.23. The molecule has 0 aliphatic carbocycles. The average Bonchev–Trinajstić information content (AvgIpc) is 3.23. The van der Waals surface area contributed by atoms with Gasteiger partial charge in [0.05, 0.1) is 13.7 Å². The van der Waals surface area contributed by atoms with Crippen LogP contribution < -0.4 is 11.1 Å². The molecule has 1 aromatic heterocycles. The molecule has 186 valence electrons. The van der Waals surface area contributed by atoms with Crippen molar-refractivity contribution < 1.29 is 43.3 Å². The number of thiazole rings is 1. The third-order valence-corrected chi connectivity index (χ3v) is 7.33. The third kappa shape index (κ3) is 5.02. The predicted octanol–water partition coefficient (Wildman–Crippen LogP) is -0.391. The number of nitrogens with one attached hydrogen (secondary N) is 1. The zero-order valence-electron chi connectivity index (χ0n) is 18.4. The maximum absolute atomic E-state index is 12.9. The first-order chi connectivity index (χ1) is 16.2. The van der Waals surface area contributed by atoms with Gasteiger partial charge in [-0.15, -0.1) is 23.1 Å². The Morgan fingerprint density at radius 2 is 2.15 bits per heavy atom. The molecule has 3 rings (SSSR count). The van der Waals surface area contributed by atoms with Crippen LogP contribution >= 0.6 is 23.1 Å². The summed E-state index contributed by atoms with van der Waals surface area (Å²) in [6, 6.07) is -0.900. The second-order valence-electron chi connectivity index (χ2n) is 7.40. The first-order valence-corrected chi connectivity index (χ1v) is 11.7.